The molecule has 1 aliphatic rings. The van der Waals surface area contributed by atoms with E-state index >= 15 is 0 Å². The van der Waals surface area contributed by atoms with Crippen LogP contribution >= 0.6 is 11.3 Å². The van der Waals surface area contributed by atoms with Crippen LogP contribution in [0.5, 0.6) is 0 Å². The average Bonchev–Trinajstić information content (AvgIpc) is 3.50. The van der Waals surface area contributed by atoms with Gasteiger partial charge >= 0.3 is 0 Å². The highest BCUT2D eigenvalue weighted by atomic mass is 32.1. The Kier molecular flexibility index (Phi) is 4.75. The van der Waals surface area contributed by atoms with Crippen LogP contribution in [-0.4, -0.2) is 20.8 Å². The number of anilines is 1. The van der Waals surface area contributed by atoms with Crippen LogP contribution in [0.1, 0.15) is 45.6 Å². The minimum Gasteiger partial charge on any atom is -0.360 e. The number of nitrogens with zero attached hydrogens (tertiary/aromatic N) is 3. The molecule has 0 bridgehead atoms. The maximum absolute atomic E-state index is 13.0. The Hall–Kier alpha value is -3.19. The van der Waals surface area contributed by atoms with E-state index in [0.29, 0.717) is 17.9 Å². The van der Waals surface area contributed by atoms with Gasteiger partial charge in [0.05, 0.1) is 18.4 Å². The van der Waals surface area contributed by atoms with E-state index in [1.165, 1.54) is 10.4 Å². The summed E-state index contributed by atoms with van der Waals surface area (Å²) >= 11 is 1.68. The molecule has 6 nitrogen and oxygen atoms in total. The Morgan fingerprint density at radius 2 is 2.13 bits per heavy atom. The summed E-state index contributed by atoms with van der Waals surface area (Å²) < 4.78 is 7.33. The lowest BCUT2D eigenvalue weighted by atomic mass is 9.70. The molecule has 1 N–H and O–H groups in total. The van der Waals surface area contributed by atoms with Crippen molar-refractivity contribution in [3.8, 4) is 0 Å². The molecule has 1 unspecified atom stereocenters. The van der Waals surface area contributed by atoms with Gasteiger partial charge in [0.25, 0.3) is 5.91 Å². The van der Waals surface area contributed by atoms with E-state index in [4.69, 9.17) is 4.52 Å². The summed E-state index contributed by atoms with van der Waals surface area (Å²) in [5.41, 5.74) is 3.17. The second kappa shape index (κ2) is 7.57. The minimum absolute atomic E-state index is 0.0412. The first-order chi connectivity index (χ1) is 14.6. The number of benzene rings is 1. The largest absolute Gasteiger partial charge is 0.360 e. The van der Waals surface area contributed by atoms with Crippen molar-refractivity contribution >= 4 is 22.9 Å². The van der Waals surface area contributed by atoms with Gasteiger partial charge in [-0.2, -0.15) is 5.10 Å². The molecule has 7 heteroatoms. The van der Waals surface area contributed by atoms with Crippen molar-refractivity contribution in [2.75, 3.05) is 5.32 Å². The number of fused-ring (bicyclic) bond motifs is 1. The molecule has 3 aromatic heterocycles. The molecule has 0 saturated heterocycles. The van der Waals surface area contributed by atoms with Gasteiger partial charge < -0.3 is 9.84 Å². The first-order valence-corrected chi connectivity index (χ1v) is 10.9. The van der Waals surface area contributed by atoms with E-state index in [2.05, 4.69) is 52.8 Å². The summed E-state index contributed by atoms with van der Waals surface area (Å²) in [6, 6.07) is 14.5. The second-order valence-electron chi connectivity index (χ2n) is 8.00. The number of carbonyl (C=O) groups excluding carboxylic acids is 1. The minimum atomic E-state index is -0.256. The van der Waals surface area contributed by atoms with Crippen LogP contribution < -0.4 is 5.32 Å². The fourth-order valence-electron chi connectivity index (χ4n) is 4.12. The molecule has 0 saturated carbocycles. The number of aromatic nitrogens is 3. The summed E-state index contributed by atoms with van der Waals surface area (Å²) in [4.78, 5) is 14.2. The van der Waals surface area contributed by atoms with E-state index in [-0.39, 0.29) is 11.3 Å². The number of hydrogen-bond donors (Lipinski definition) is 1. The number of aryl methyl sites for hydroxylation is 1. The molecule has 1 atom stereocenters. The van der Waals surface area contributed by atoms with Gasteiger partial charge in [0.1, 0.15) is 5.76 Å². The lowest BCUT2D eigenvalue weighted by Gasteiger charge is -2.33. The lowest BCUT2D eigenvalue weighted by molar-refractivity contribution is 0.101. The normalized spacial score (nSPS) is 18.2. The molecule has 1 aliphatic carbocycles. The molecule has 1 aromatic carbocycles. The fourth-order valence-corrected chi connectivity index (χ4v) is 4.82. The molecule has 1 amide bonds. The predicted octanol–water partition coefficient (Wildman–Crippen LogP) is 4.68. The molecule has 0 aliphatic heterocycles. The van der Waals surface area contributed by atoms with Gasteiger partial charge in [-0.1, -0.05) is 48.5 Å². The topological polar surface area (TPSA) is 73.0 Å². The van der Waals surface area contributed by atoms with Crippen molar-refractivity contribution in [2.45, 2.75) is 38.1 Å². The van der Waals surface area contributed by atoms with Crippen LogP contribution in [0.4, 0.5) is 5.69 Å². The first-order valence-electron chi connectivity index (χ1n) is 10.00. The maximum atomic E-state index is 13.0. The summed E-state index contributed by atoms with van der Waals surface area (Å²) in [5.74, 6) is 0.565. The number of amides is 1. The Morgan fingerprint density at radius 3 is 2.93 bits per heavy atom. The molecule has 4 aromatic rings. The van der Waals surface area contributed by atoms with Gasteiger partial charge in [0.2, 0.25) is 0 Å². The maximum Gasteiger partial charge on any atom is 0.278 e. The smallest absolute Gasteiger partial charge is 0.278 e. The van der Waals surface area contributed by atoms with Crippen LogP contribution in [0.2, 0.25) is 0 Å². The van der Waals surface area contributed by atoms with Crippen molar-refractivity contribution in [3.05, 3.63) is 87.7 Å². The van der Waals surface area contributed by atoms with Crippen molar-refractivity contribution in [1.29, 1.82) is 0 Å². The quantitative estimate of drug-likeness (QED) is 0.511. The number of hydrogen-bond acceptors (Lipinski definition) is 5. The molecular weight excluding hydrogens is 396 g/mol. The van der Waals surface area contributed by atoms with Crippen LogP contribution in [0, 0.1) is 0 Å². The lowest BCUT2D eigenvalue weighted by Crippen LogP contribution is -2.31. The SMILES string of the molecule is CC1(c2ccccc2)CCc2onc(C(=O)Nc3cnn(Cc4cccs4)c3)c2C1. The van der Waals surface area contributed by atoms with Crippen LogP contribution in [-0.2, 0) is 24.8 Å². The zero-order valence-electron chi connectivity index (χ0n) is 16.7. The summed E-state index contributed by atoms with van der Waals surface area (Å²) in [6.07, 6.45) is 5.97. The van der Waals surface area contributed by atoms with Gasteiger partial charge in [0, 0.05) is 23.1 Å². The third-order valence-electron chi connectivity index (χ3n) is 5.82. The van der Waals surface area contributed by atoms with E-state index in [9.17, 15) is 4.79 Å². The number of nitrogens with one attached hydrogen (secondary N) is 1. The highest BCUT2D eigenvalue weighted by Crippen LogP contribution is 2.39. The summed E-state index contributed by atoms with van der Waals surface area (Å²) in [5, 5.41) is 13.4. The van der Waals surface area contributed by atoms with Gasteiger partial charge in [-0.25, -0.2) is 0 Å². The Bertz CT molecular complexity index is 1160. The molecule has 30 heavy (non-hydrogen) atoms. The Labute approximate surface area is 178 Å². The first kappa shape index (κ1) is 18.8. The van der Waals surface area contributed by atoms with E-state index in [0.717, 1.165) is 30.6 Å². The van der Waals surface area contributed by atoms with Gasteiger partial charge in [-0.3, -0.25) is 9.48 Å². The van der Waals surface area contributed by atoms with Gasteiger partial charge in [0.15, 0.2) is 5.69 Å². The summed E-state index contributed by atoms with van der Waals surface area (Å²) in [6.45, 7) is 2.93. The van der Waals surface area contributed by atoms with E-state index < -0.39 is 0 Å². The zero-order chi connectivity index (χ0) is 20.6. The van der Waals surface area contributed by atoms with Crippen molar-refractivity contribution in [2.24, 2.45) is 0 Å². The molecule has 0 fully saturated rings. The third-order valence-corrected chi connectivity index (χ3v) is 6.68. The van der Waals surface area contributed by atoms with Crippen molar-refractivity contribution in [3.63, 3.8) is 0 Å². The fraction of sp³-hybridized carbons (Fsp3) is 0.261. The second-order valence-corrected chi connectivity index (χ2v) is 9.03. The molecule has 0 radical (unpaired) electrons. The molecular formula is C23H22N4O2S. The highest BCUT2D eigenvalue weighted by molar-refractivity contribution is 7.09. The van der Waals surface area contributed by atoms with Crippen molar-refractivity contribution in [1.82, 2.24) is 14.9 Å². The number of carbonyl (C=O) groups is 1. The highest BCUT2D eigenvalue weighted by Gasteiger charge is 2.37. The Balaban J connectivity index is 1.34. The molecule has 0 spiro atoms. The van der Waals surface area contributed by atoms with E-state index in [1.54, 1.807) is 17.5 Å². The van der Waals surface area contributed by atoms with Crippen LogP contribution in [0.3, 0.4) is 0 Å². The third kappa shape index (κ3) is 3.57. The van der Waals surface area contributed by atoms with Crippen LogP contribution in [0.15, 0.2) is 64.8 Å². The van der Waals surface area contributed by atoms with Crippen LogP contribution in [0.25, 0.3) is 0 Å². The monoisotopic (exact) mass is 418 g/mol. The average molecular weight is 419 g/mol. The molecule has 3 heterocycles. The van der Waals surface area contributed by atoms with Gasteiger partial charge in [-0.05, 0) is 35.3 Å². The summed E-state index contributed by atoms with van der Waals surface area (Å²) in [7, 11) is 0. The molecule has 5 rings (SSSR count). The van der Waals surface area contributed by atoms with Crippen molar-refractivity contribution < 1.29 is 9.32 Å². The Morgan fingerprint density at radius 1 is 1.27 bits per heavy atom. The number of thiophene rings is 1. The zero-order valence-corrected chi connectivity index (χ0v) is 17.5. The molecule has 152 valence electrons. The standard InChI is InChI=1S/C23H22N4O2S/c1-23(16-6-3-2-4-7-16)10-9-20-19(12-23)21(26-29-20)22(28)25-17-13-24-27(14-17)15-18-8-5-11-30-18/h2-8,11,13-14H,9-10,12,15H2,1H3,(H,25,28). The van der Waals surface area contributed by atoms with E-state index in [1.807, 2.05) is 28.4 Å². The van der Waals surface area contributed by atoms with Gasteiger partial charge in [-0.15, -0.1) is 11.3 Å². The number of rotatable bonds is 5. The predicted molar refractivity (Wildman–Crippen MR) is 116 cm³/mol.